The number of rotatable bonds is 6. The van der Waals surface area contributed by atoms with E-state index in [1.165, 1.54) is 25.3 Å². The number of phenols is 1. The Hall–Kier alpha value is -1.63. The van der Waals surface area contributed by atoms with Gasteiger partial charge in [0.15, 0.2) is 0 Å². The molecule has 3 rings (SSSR count). The van der Waals surface area contributed by atoms with Gasteiger partial charge in [-0.25, -0.2) is 0 Å². The van der Waals surface area contributed by atoms with Gasteiger partial charge in [-0.2, -0.15) is 23.8 Å². The van der Waals surface area contributed by atoms with Crippen molar-refractivity contribution in [3.63, 3.8) is 0 Å². The van der Waals surface area contributed by atoms with Gasteiger partial charge in [-0.1, -0.05) is 6.07 Å². The smallest absolute Gasteiger partial charge is 0.294 e. The SMILES string of the molecule is COc1cc(N=Nc2cccc(S(=O)(=O)O)c2)ccc1N=Nc1ccc(O)c(C)c1.[Na].[Na]. The van der Waals surface area contributed by atoms with Gasteiger partial charge in [-0.15, -0.1) is 5.11 Å². The summed E-state index contributed by atoms with van der Waals surface area (Å²) >= 11 is 0. The number of hydrogen-bond acceptors (Lipinski definition) is 8. The van der Waals surface area contributed by atoms with Crippen molar-refractivity contribution in [3.8, 4) is 11.5 Å². The molecule has 2 radical (unpaired) electrons. The second-order valence-electron chi connectivity index (χ2n) is 6.20. The normalized spacial score (nSPS) is 11.2. The zero-order chi connectivity index (χ0) is 21.7. The third-order valence-corrected chi connectivity index (χ3v) is 4.86. The Kier molecular flexibility index (Phi) is 11.2. The molecular weight excluding hydrogens is 454 g/mol. The van der Waals surface area contributed by atoms with E-state index in [2.05, 4.69) is 20.5 Å². The van der Waals surface area contributed by atoms with Crippen molar-refractivity contribution in [2.24, 2.45) is 20.5 Å². The second-order valence-corrected chi connectivity index (χ2v) is 7.62. The van der Waals surface area contributed by atoms with Crippen LogP contribution >= 0.6 is 0 Å². The summed E-state index contributed by atoms with van der Waals surface area (Å²) in [6, 6.07) is 15.3. The van der Waals surface area contributed by atoms with Crippen LogP contribution in [-0.2, 0) is 10.1 Å². The molecule has 0 aliphatic heterocycles. The van der Waals surface area contributed by atoms with Crippen LogP contribution in [0, 0.1) is 6.92 Å². The van der Waals surface area contributed by atoms with Crippen LogP contribution in [0.3, 0.4) is 0 Å². The number of ether oxygens (including phenoxy) is 1. The second kappa shape index (κ2) is 12.6. The number of aryl methyl sites for hydroxylation is 1. The molecule has 0 saturated heterocycles. The van der Waals surface area contributed by atoms with Crippen LogP contribution in [-0.4, -0.2) is 84.3 Å². The van der Waals surface area contributed by atoms with Gasteiger partial charge in [0.25, 0.3) is 10.1 Å². The first-order valence-electron chi connectivity index (χ1n) is 8.65. The van der Waals surface area contributed by atoms with Crippen LogP contribution < -0.4 is 4.74 Å². The molecule has 12 heteroatoms. The van der Waals surface area contributed by atoms with E-state index in [0.717, 1.165) is 0 Å². The van der Waals surface area contributed by atoms with E-state index in [4.69, 9.17) is 9.29 Å². The van der Waals surface area contributed by atoms with E-state index in [1.54, 1.807) is 49.4 Å². The number of azo groups is 2. The average molecular weight is 472 g/mol. The summed E-state index contributed by atoms with van der Waals surface area (Å²) in [7, 11) is -2.84. The number of aromatic hydroxyl groups is 1. The van der Waals surface area contributed by atoms with Gasteiger partial charge >= 0.3 is 0 Å². The Labute approximate surface area is 230 Å². The fraction of sp³-hybridized carbons (Fsp3) is 0.100. The van der Waals surface area contributed by atoms with Gasteiger partial charge in [0.05, 0.1) is 29.1 Å². The molecule has 2 N–H and O–H groups in total. The summed E-state index contributed by atoms with van der Waals surface area (Å²) in [5.41, 5.74) is 2.44. The molecule has 0 unspecified atom stereocenters. The van der Waals surface area contributed by atoms with Crippen molar-refractivity contribution in [1.82, 2.24) is 0 Å². The first-order chi connectivity index (χ1) is 14.3. The van der Waals surface area contributed by atoms with Crippen LogP contribution in [0.1, 0.15) is 5.56 Å². The molecule has 0 aliphatic carbocycles. The summed E-state index contributed by atoms with van der Waals surface area (Å²) in [4.78, 5) is -0.267. The number of nitrogens with zero attached hydrogens (tertiary/aromatic N) is 4. The molecule has 3 aromatic rings. The van der Waals surface area contributed by atoms with Crippen molar-refractivity contribution < 1.29 is 22.8 Å². The van der Waals surface area contributed by atoms with Crippen molar-refractivity contribution in [2.45, 2.75) is 11.8 Å². The summed E-state index contributed by atoms with van der Waals surface area (Å²) < 4.78 is 36.9. The number of phenolic OH excluding ortho intramolecular Hbond substituents is 1. The standard InChI is InChI=1S/C20H18N4O5S.2Na/c1-13-10-15(7-9-19(13)25)23-24-18-8-6-16(12-20(18)29-2)22-21-14-4-3-5-17(11-14)30(26,27)28;;/h3-12,25H,1-2H3,(H,26,27,28);;. The minimum absolute atomic E-state index is 0. The number of methoxy groups -OCH3 is 1. The number of hydrogen-bond donors (Lipinski definition) is 2. The Morgan fingerprint density at radius 3 is 2.03 bits per heavy atom. The quantitative estimate of drug-likeness (QED) is 0.295. The molecule has 0 heterocycles. The van der Waals surface area contributed by atoms with Crippen LogP contribution in [0.25, 0.3) is 0 Å². The maximum atomic E-state index is 11.2. The predicted octanol–water partition coefficient (Wildman–Crippen LogP) is 5.03. The Morgan fingerprint density at radius 2 is 1.41 bits per heavy atom. The molecule has 156 valence electrons. The molecule has 32 heavy (non-hydrogen) atoms. The van der Waals surface area contributed by atoms with Gasteiger partial charge in [0, 0.05) is 65.2 Å². The van der Waals surface area contributed by atoms with Crippen molar-refractivity contribution >= 4 is 92.0 Å². The summed E-state index contributed by atoms with van der Waals surface area (Å²) in [5, 5.41) is 25.9. The topological polar surface area (TPSA) is 133 Å². The first-order valence-corrected chi connectivity index (χ1v) is 10.1. The molecule has 0 aromatic heterocycles. The van der Waals surface area contributed by atoms with Gasteiger partial charge < -0.3 is 9.84 Å². The van der Waals surface area contributed by atoms with E-state index < -0.39 is 10.1 Å². The monoisotopic (exact) mass is 472 g/mol. The van der Waals surface area contributed by atoms with E-state index in [1.807, 2.05) is 0 Å². The van der Waals surface area contributed by atoms with Crippen molar-refractivity contribution in [2.75, 3.05) is 7.11 Å². The van der Waals surface area contributed by atoms with Crippen molar-refractivity contribution in [1.29, 1.82) is 0 Å². The minimum Gasteiger partial charge on any atom is -0.508 e. The first kappa shape index (κ1) is 28.4. The molecule has 0 saturated carbocycles. The fourth-order valence-corrected chi connectivity index (χ4v) is 2.97. The van der Waals surface area contributed by atoms with Gasteiger partial charge in [0.1, 0.15) is 17.2 Å². The Morgan fingerprint density at radius 1 is 0.812 bits per heavy atom. The van der Waals surface area contributed by atoms with E-state index in [0.29, 0.717) is 28.4 Å². The summed E-state index contributed by atoms with van der Waals surface area (Å²) in [6.45, 7) is 1.76. The van der Waals surface area contributed by atoms with Crippen LogP contribution in [0.5, 0.6) is 11.5 Å². The van der Waals surface area contributed by atoms with Crippen LogP contribution in [0.15, 0.2) is 86.0 Å². The zero-order valence-corrected chi connectivity index (χ0v) is 22.9. The van der Waals surface area contributed by atoms with E-state index in [-0.39, 0.29) is 75.4 Å². The van der Waals surface area contributed by atoms with Gasteiger partial charge in [-0.05, 0) is 61.0 Å². The summed E-state index contributed by atoms with van der Waals surface area (Å²) in [6.07, 6.45) is 0. The average Bonchev–Trinajstić information content (AvgIpc) is 2.73. The van der Waals surface area contributed by atoms with Gasteiger partial charge in [-0.3, -0.25) is 4.55 Å². The maximum absolute atomic E-state index is 11.2. The molecule has 9 nitrogen and oxygen atoms in total. The minimum atomic E-state index is -4.32. The largest absolute Gasteiger partial charge is 0.508 e. The summed E-state index contributed by atoms with van der Waals surface area (Å²) in [5.74, 6) is 0.598. The molecule has 0 aliphatic rings. The van der Waals surface area contributed by atoms with E-state index in [9.17, 15) is 13.5 Å². The maximum Gasteiger partial charge on any atom is 0.294 e. The van der Waals surface area contributed by atoms with Crippen LogP contribution in [0.2, 0.25) is 0 Å². The fourth-order valence-electron chi connectivity index (χ4n) is 2.45. The Balaban J connectivity index is 0.00000256. The number of benzene rings is 3. The molecule has 0 fully saturated rings. The van der Waals surface area contributed by atoms with Gasteiger partial charge in [0.2, 0.25) is 0 Å². The molecule has 0 bridgehead atoms. The van der Waals surface area contributed by atoms with Crippen LogP contribution in [0.4, 0.5) is 22.7 Å². The molecular formula is C20H18N4Na2O5S. The van der Waals surface area contributed by atoms with Crippen molar-refractivity contribution in [3.05, 3.63) is 66.2 Å². The Bertz CT molecular complexity index is 1250. The molecule has 0 amide bonds. The molecule has 0 atom stereocenters. The van der Waals surface area contributed by atoms with E-state index >= 15 is 0 Å². The third kappa shape index (κ3) is 7.75. The zero-order valence-electron chi connectivity index (χ0n) is 18.1. The third-order valence-electron chi connectivity index (χ3n) is 4.01. The molecule has 0 spiro atoms. The predicted molar refractivity (Wildman–Crippen MR) is 122 cm³/mol. The molecule has 3 aromatic carbocycles.